The number of benzene rings is 1. The summed E-state index contributed by atoms with van der Waals surface area (Å²) in [4.78, 5) is 31.1. The molecule has 112 valence electrons. The molecule has 3 aromatic rings. The van der Waals surface area contributed by atoms with E-state index < -0.39 is 0 Å². The van der Waals surface area contributed by atoms with Crippen molar-refractivity contribution in [1.82, 2.24) is 15.3 Å². The standard InChI is InChI=1S/C15H14N4O2S/c1-9-8-22-15(18-9)19-13(20)7-17-14(21)11-6-16-12-5-3-2-4-10(11)12/h2-6,8,16H,7H2,1H3,(H,17,21)(H,18,19,20). The Balaban J connectivity index is 1.61. The smallest absolute Gasteiger partial charge is 0.253 e. The number of H-pyrrole nitrogens is 1. The summed E-state index contributed by atoms with van der Waals surface area (Å²) in [6, 6.07) is 7.51. The van der Waals surface area contributed by atoms with Gasteiger partial charge in [0.15, 0.2) is 5.13 Å². The molecule has 2 amide bonds. The van der Waals surface area contributed by atoms with Crippen molar-refractivity contribution in [3.8, 4) is 0 Å². The zero-order valence-corrected chi connectivity index (χ0v) is 12.7. The Morgan fingerprint density at radius 2 is 2.14 bits per heavy atom. The Bertz CT molecular complexity index is 837. The second-order valence-electron chi connectivity index (χ2n) is 4.77. The van der Waals surface area contributed by atoms with Gasteiger partial charge in [0, 0.05) is 22.5 Å². The summed E-state index contributed by atoms with van der Waals surface area (Å²) in [6.45, 7) is 1.75. The molecule has 3 rings (SSSR count). The minimum atomic E-state index is -0.303. The maximum absolute atomic E-state index is 12.2. The Kier molecular flexibility index (Phi) is 3.88. The number of para-hydroxylation sites is 1. The van der Waals surface area contributed by atoms with Gasteiger partial charge in [-0.05, 0) is 13.0 Å². The molecule has 3 N–H and O–H groups in total. The number of anilines is 1. The first-order chi connectivity index (χ1) is 10.6. The van der Waals surface area contributed by atoms with Gasteiger partial charge in [-0.15, -0.1) is 11.3 Å². The van der Waals surface area contributed by atoms with Crippen LogP contribution in [0.5, 0.6) is 0 Å². The first-order valence-electron chi connectivity index (χ1n) is 6.70. The lowest BCUT2D eigenvalue weighted by Crippen LogP contribution is -2.32. The van der Waals surface area contributed by atoms with Crippen LogP contribution in [0.3, 0.4) is 0 Å². The highest BCUT2D eigenvalue weighted by Crippen LogP contribution is 2.17. The molecule has 0 fully saturated rings. The number of nitrogens with one attached hydrogen (secondary N) is 3. The number of carbonyl (C=O) groups is 2. The second kappa shape index (κ2) is 5.98. The minimum absolute atomic E-state index is 0.100. The predicted molar refractivity (Wildman–Crippen MR) is 86.1 cm³/mol. The molecule has 1 aromatic carbocycles. The Hall–Kier alpha value is -2.67. The predicted octanol–water partition coefficient (Wildman–Crippen LogP) is 2.30. The van der Waals surface area contributed by atoms with E-state index in [-0.39, 0.29) is 18.4 Å². The molecule has 0 radical (unpaired) electrons. The van der Waals surface area contributed by atoms with Crippen molar-refractivity contribution in [1.29, 1.82) is 0 Å². The second-order valence-corrected chi connectivity index (χ2v) is 5.63. The SMILES string of the molecule is Cc1csc(NC(=O)CNC(=O)c2c[nH]c3ccccc23)n1. The summed E-state index contributed by atoms with van der Waals surface area (Å²) >= 11 is 1.35. The van der Waals surface area contributed by atoms with E-state index in [2.05, 4.69) is 20.6 Å². The van der Waals surface area contributed by atoms with Crippen molar-refractivity contribution in [2.45, 2.75) is 6.92 Å². The van der Waals surface area contributed by atoms with Crippen molar-refractivity contribution in [2.75, 3.05) is 11.9 Å². The van der Waals surface area contributed by atoms with Crippen LogP contribution in [0.1, 0.15) is 16.1 Å². The number of aryl methyl sites for hydroxylation is 1. The average molecular weight is 314 g/mol. The Morgan fingerprint density at radius 1 is 1.32 bits per heavy atom. The molecule has 0 aliphatic rings. The molecule has 0 spiro atoms. The molecule has 0 aliphatic carbocycles. The first-order valence-corrected chi connectivity index (χ1v) is 7.58. The van der Waals surface area contributed by atoms with Crippen molar-refractivity contribution < 1.29 is 9.59 Å². The van der Waals surface area contributed by atoms with E-state index >= 15 is 0 Å². The summed E-state index contributed by atoms with van der Waals surface area (Å²) in [5, 5.41) is 8.46. The fourth-order valence-corrected chi connectivity index (χ4v) is 2.79. The monoisotopic (exact) mass is 314 g/mol. The zero-order valence-electron chi connectivity index (χ0n) is 11.8. The zero-order chi connectivity index (χ0) is 15.5. The van der Waals surface area contributed by atoms with Crippen LogP contribution in [0.4, 0.5) is 5.13 Å². The lowest BCUT2D eigenvalue weighted by atomic mass is 10.1. The molecule has 2 heterocycles. The van der Waals surface area contributed by atoms with Gasteiger partial charge in [0.2, 0.25) is 5.91 Å². The number of fused-ring (bicyclic) bond motifs is 1. The first kappa shape index (κ1) is 14.3. The van der Waals surface area contributed by atoms with E-state index in [9.17, 15) is 9.59 Å². The van der Waals surface area contributed by atoms with E-state index in [1.54, 1.807) is 6.20 Å². The number of hydrogen-bond donors (Lipinski definition) is 3. The van der Waals surface area contributed by atoms with Gasteiger partial charge in [-0.1, -0.05) is 18.2 Å². The summed E-state index contributed by atoms with van der Waals surface area (Å²) in [6.07, 6.45) is 1.64. The molecule has 0 aliphatic heterocycles. The van der Waals surface area contributed by atoms with Crippen LogP contribution in [0.2, 0.25) is 0 Å². The number of hydrogen-bond acceptors (Lipinski definition) is 4. The molecule has 0 bridgehead atoms. The quantitative estimate of drug-likeness (QED) is 0.690. The molecule has 0 atom stereocenters. The summed E-state index contributed by atoms with van der Waals surface area (Å²) in [7, 11) is 0. The fraction of sp³-hybridized carbons (Fsp3) is 0.133. The summed E-state index contributed by atoms with van der Waals surface area (Å²) < 4.78 is 0. The molecule has 6 nitrogen and oxygen atoms in total. The van der Waals surface area contributed by atoms with Gasteiger partial charge in [-0.2, -0.15) is 0 Å². The van der Waals surface area contributed by atoms with Crippen molar-refractivity contribution in [3.05, 3.63) is 47.1 Å². The normalized spacial score (nSPS) is 10.6. The third kappa shape index (κ3) is 2.99. The molecule has 22 heavy (non-hydrogen) atoms. The van der Waals surface area contributed by atoms with Crippen LogP contribution in [0, 0.1) is 6.92 Å². The fourth-order valence-electron chi connectivity index (χ4n) is 2.09. The lowest BCUT2D eigenvalue weighted by Gasteiger charge is -2.04. The molecular weight excluding hydrogens is 300 g/mol. The molecular formula is C15H14N4O2S. The van der Waals surface area contributed by atoms with Crippen LogP contribution < -0.4 is 10.6 Å². The number of nitrogens with zero attached hydrogens (tertiary/aromatic N) is 1. The molecule has 0 unspecified atom stereocenters. The van der Waals surface area contributed by atoms with Crippen LogP contribution in [0.25, 0.3) is 10.9 Å². The van der Waals surface area contributed by atoms with E-state index in [1.807, 2.05) is 36.6 Å². The van der Waals surface area contributed by atoms with Crippen molar-refractivity contribution in [2.24, 2.45) is 0 Å². The number of aromatic nitrogens is 2. The minimum Gasteiger partial charge on any atom is -0.360 e. The Labute approximate surface area is 130 Å². The molecule has 0 saturated heterocycles. The van der Waals surface area contributed by atoms with Crippen LogP contribution in [0.15, 0.2) is 35.8 Å². The van der Waals surface area contributed by atoms with E-state index in [0.717, 1.165) is 16.6 Å². The number of rotatable bonds is 4. The maximum atomic E-state index is 12.2. The lowest BCUT2D eigenvalue weighted by molar-refractivity contribution is -0.115. The summed E-state index contributed by atoms with van der Waals surface area (Å²) in [5.74, 6) is -0.592. The van der Waals surface area contributed by atoms with Crippen molar-refractivity contribution >= 4 is 39.2 Å². The van der Waals surface area contributed by atoms with Crippen LogP contribution in [-0.2, 0) is 4.79 Å². The molecule has 0 saturated carbocycles. The van der Waals surface area contributed by atoms with Gasteiger partial charge in [-0.3, -0.25) is 9.59 Å². The van der Waals surface area contributed by atoms with Crippen LogP contribution >= 0.6 is 11.3 Å². The van der Waals surface area contributed by atoms with Gasteiger partial charge in [0.1, 0.15) is 0 Å². The van der Waals surface area contributed by atoms with E-state index in [1.165, 1.54) is 11.3 Å². The highest BCUT2D eigenvalue weighted by atomic mass is 32.1. The molecule has 2 aromatic heterocycles. The third-order valence-corrected chi connectivity index (χ3v) is 3.98. The number of amides is 2. The van der Waals surface area contributed by atoms with Gasteiger partial charge in [0.05, 0.1) is 17.8 Å². The third-order valence-electron chi connectivity index (χ3n) is 3.11. The molecule has 7 heteroatoms. The highest BCUT2D eigenvalue weighted by molar-refractivity contribution is 7.13. The van der Waals surface area contributed by atoms with Crippen molar-refractivity contribution in [3.63, 3.8) is 0 Å². The maximum Gasteiger partial charge on any atom is 0.253 e. The largest absolute Gasteiger partial charge is 0.360 e. The van der Waals surface area contributed by atoms with E-state index in [0.29, 0.717) is 10.7 Å². The Morgan fingerprint density at radius 3 is 2.91 bits per heavy atom. The average Bonchev–Trinajstić information content (AvgIpc) is 3.11. The number of thiazole rings is 1. The van der Waals surface area contributed by atoms with Gasteiger partial charge in [0.25, 0.3) is 5.91 Å². The topological polar surface area (TPSA) is 86.9 Å². The number of aromatic amines is 1. The van der Waals surface area contributed by atoms with E-state index in [4.69, 9.17) is 0 Å². The van der Waals surface area contributed by atoms with Gasteiger partial charge < -0.3 is 15.6 Å². The number of carbonyl (C=O) groups excluding carboxylic acids is 2. The summed E-state index contributed by atoms with van der Waals surface area (Å²) in [5.41, 5.74) is 2.26. The van der Waals surface area contributed by atoms with Gasteiger partial charge >= 0.3 is 0 Å². The van der Waals surface area contributed by atoms with Crippen LogP contribution in [-0.4, -0.2) is 28.3 Å². The highest BCUT2D eigenvalue weighted by Gasteiger charge is 2.13. The van der Waals surface area contributed by atoms with Gasteiger partial charge in [-0.25, -0.2) is 4.98 Å².